The Morgan fingerprint density at radius 2 is 1.71 bits per heavy atom. The van der Waals surface area contributed by atoms with E-state index in [0.29, 0.717) is 5.56 Å². The SMILES string of the molecule is CCN(NC(=O)c1cccc(C(=O)N2C=CC=CC=C2)c1)C(=O)OC(=O)c1ccsc1. The Hall–Kier alpha value is -3.98. The van der Waals surface area contributed by atoms with Gasteiger partial charge in [0.15, 0.2) is 0 Å². The highest BCUT2D eigenvalue weighted by atomic mass is 32.1. The van der Waals surface area contributed by atoms with E-state index in [4.69, 9.17) is 4.74 Å². The molecule has 0 fully saturated rings. The molecule has 2 heterocycles. The largest absolute Gasteiger partial charge is 0.436 e. The van der Waals surface area contributed by atoms with Gasteiger partial charge in [0.2, 0.25) is 0 Å². The fourth-order valence-electron chi connectivity index (χ4n) is 2.56. The van der Waals surface area contributed by atoms with Crippen LogP contribution < -0.4 is 5.43 Å². The number of allylic oxidation sites excluding steroid dienone is 4. The number of rotatable bonds is 4. The molecule has 3 amide bonds. The zero-order chi connectivity index (χ0) is 22.2. The molecule has 1 aromatic carbocycles. The third-order valence-corrected chi connectivity index (χ3v) is 4.83. The van der Waals surface area contributed by atoms with E-state index in [0.717, 1.165) is 5.01 Å². The Morgan fingerprint density at radius 1 is 1.00 bits per heavy atom. The molecule has 0 atom stereocenters. The molecule has 31 heavy (non-hydrogen) atoms. The van der Waals surface area contributed by atoms with Crippen molar-refractivity contribution in [1.82, 2.24) is 15.3 Å². The number of thiophene rings is 1. The summed E-state index contributed by atoms with van der Waals surface area (Å²) in [6.07, 6.45) is 9.21. The summed E-state index contributed by atoms with van der Waals surface area (Å²) in [5.74, 6) is -1.75. The molecular weight excluding hydrogens is 418 g/mol. The normalized spacial score (nSPS) is 12.2. The summed E-state index contributed by atoms with van der Waals surface area (Å²) < 4.78 is 4.80. The summed E-state index contributed by atoms with van der Waals surface area (Å²) >= 11 is 1.29. The van der Waals surface area contributed by atoms with Crippen molar-refractivity contribution in [1.29, 1.82) is 0 Å². The van der Waals surface area contributed by atoms with Gasteiger partial charge in [0.25, 0.3) is 11.8 Å². The quantitative estimate of drug-likeness (QED) is 0.447. The van der Waals surface area contributed by atoms with Crippen LogP contribution in [0.1, 0.15) is 38.0 Å². The van der Waals surface area contributed by atoms with Gasteiger partial charge in [0.1, 0.15) is 0 Å². The second-order valence-electron chi connectivity index (χ2n) is 6.21. The van der Waals surface area contributed by atoms with Crippen molar-refractivity contribution in [2.75, 3.05) is 6.54 Å². The molecule has 0 saturated heterocycles. The number of esters is 1. The summed E-state index contributed by atoms with van der Waals surface area (Å²) in [5.41, 5.74) is 3.11. The maximum absolute atomic E-state index is 12.7. The Kier molecular flexibility index (Phi) is 7.13. The van der Waals surface area contributed by atoms with Crippen LogP contribution in [-0.4, -0.2) is 40.3 Å². The van der Waals surface area contributed by atoms with E-state index in [1.165, 1.54) is 34.4 Å². The van der Waals surface area contributed by atoms with E-state index in [1.807, 2.05) is 0 Å². The van der Waals surface area contributed by atoms with E-state index in [1.54, 1.807) is 66.5 Å². The number of carbonyl (C=O) groups is 4. The van der Waals surface area contributed by atoms with E-state index in [2.05, 4.69) is 5.43 Å². The first-order valence-electron chi connectivity index (χ1n) is 9.31. The predicted molar refractivity (Wildman–Crippen MR) is 115 cm³/mol. The lowest BCUT2D eigenvalue weighted by atomic mass is 10.1. The van der Waals surface area contributed by atoms with E-state index < -0.39 is 18.0 Å². The van der Waals surface area contributed by atoms with Gasteiger partial charge < -0.3 is 4.74 Å². The topological polar surface area (TPSA) is 96.0 Å². The van der Waals surface area contributed by atoms with Crippen LogP contribution in [0.4, 0.5) is 4.79 Å². The molecule has 0 spiro atoms. The molecule has 0 radical (unpaired) electrons. The average Bonchev–Trinajstić information content (AvgIpc) is 3.19. The van der Waals surface area contributed by atoms with Crippen molar-refractivity contribution in [3.8, 4) is 0 Å². The maximum atomic E-state index is 12.7. The fourth-order valence-corrected chi connectivity index (χ4v) is 3.18. The minimum absolute atomic E-state index is 0.0660. The smallest absolute Gasteiger partial charge is 0.371 e. The van der Waals surface area contributed by atoms with Crippen LogP contribution in [0.5, 0.6) is 0 Å². The summed E-state index contributed by atoms with van der Waals surface area (Å²) in [6.45, 7) is 1.68. The molecule has 1 aliphatic rings. The number of hydrogen-bond acceptors (Lipinski definition) is 6. The van der Waals surface area contributed by atoms with Crippen LogP contribution in [0.25, 0.3) is 0 Å². The van der Waals surface area contributed by atoms with E-state index >= 15 is 0 Å². The van der Waals surface area contributed by atoms with Crippen LogP contribution in [0, 0.1) is 0 Å². The molecule has 0 unspecified atom stereocenters. The number of nitrogens with one attached hydrogen (secondary N) is 1. The molecule has 3 rings (SSSR count). The maximum Gasteiger partial charge on any atom is 0.436 e. The van der Waals surface area contributed by atoms with Crippen LogP contribution in [0.15, 0.2) is 77.8 Å². The van der Waals surface area contributed by atoms with Gasteiger partial charge in [0.05, 0.1) is 5.56 Å². The third kappa shape index (κ3) is 5.55. The Labute approximate surface area is 182 Å². The number of hydrogen-bond donors (Lipinski definition) is 1. The van der Waals surface area contributed by atoms with Crippen molar-refractivity contribution >= 4 is 35.2 Å². The van der Waals surface area contributed by atoms with Crippen molar-refractivity contribution in [3.05, 3.63) is 94.5 Å². The van der Waals surface area contributed by atoms with Gasteiger partial charge in [0, 0.05) is 35.5 Å². The molecular formula is C22H19N3O5S. The lowest BCUT2D eigenvalue weighted by molar-refractivity contribution is 0.0471. The first kappa shape index (κ1) is 21.7. The number of benzene rings is 1. The van der Waals surface area contributed by atoms with Gasteiger partial charge in [-0.3, -0.25) is 19.9 Å². The molecule has 9 heteroatoms. The van der Waals surface area contributed by atoms with Gasteiger partial charge in [-0.2, -0.15) is 11.3 Å². The first-order chi connectivity index (χ1) is 15.0. The molecule has 0 saturated carbocycles. The van der Waals surface area contributed by atoms with Crippen molar-refractivity contribution in [2.24, 2.45) is 0 Å². The summed E-state index contributed by atoms with van der Waals surface area (Å²) in [4.78, 5) is 50.9. The Morgan fingerprint density at radius 3 is 2.35 bits per heavy atom. The molecule has 1 N–H and O–H groups in total. The number of nitrogens with zero attached hydrogens (tertiary/aromatic N) is 2. The number of carbonyl (C=O) groups excluding carboxylic acids is 4. The molecule has 0 aliphatic carbocycles. The van der Waals surface area contributed by atoms with E-state index in [9.17, 15) is 19.2 Å². The fraction of sp³-hybridized carbons (Fsp3) is 0.0909. The molecule has 158 valence electrons. The van der Waals surface area contributed by atoms with Crippen LogP contribution in [0.3, 0.4) is 0 Å². The minimum atomic E-state index is -1.01. The molecule has 2 aromatic rings. The van der Waals surface area contributed by atoms with Crippen LogP contribution in [-0.2, 0) is 4.74 Å². The van der Waals surface area contributed by atoms with Crippen molar-refractivity contribution in [3.63, 3.8) is 0 Å². The summed E-state index contributed by atoms with van der Waals surface area (Å²) in [6, 6.07) is 7.62. The van der Waals surface area contributed by atoms with E-state index in [-0.39, 0.29) is 23.6 Å². The molecule has 1 aromatic heterocycles. The highest BCUT2D eigenvalue weighted by molar-refractivity contribution is 7.08. The molecule has 0 bridgehead atoms. The van der Waals surface area contributed by atoms with Crippen LogP contribution in [0.2, 0.25) is 0 Å². The Balaban J connectivity index is 1.67. The van der Waals surface area contributed by atoms with Gasteiger partial charge in [-0.1, -0.05) is 18.2 Å². The zero-order valence-corrected chi connectivity index (χ0v) is 17.4. The third-order valence-electron chi connectivity index (χ3n) is 4.14. The second kappa shape index (κ2) is 10.2. The van der Waals surface area contributed by atoms with Crippen molar-refractivity contribution < 1.29 is 23.9 Å². The van der Waals surface area contributed by atoms with Gasteiger partial charge in [-0.15, -0.1) is 0 Å². The average molecular weight is 437 g/mol. The highest BCUT2D eigenvalue weighted by Crippen LogP contribution is 2.12. The Bertz CT molecular complexity index is 1060. The number of amides is 3. The standard InChI is InChI=1S/C22H19N3O5S/c1-2-25(22(29)30-21(28)18-10-13-31-15-18)23-19(26)16-8-7-9-17(14-16)20(27)24-11-5-3-4-6-12-24/h3-15H,2H2,1H3,(H,23,26). The first-order valence-corrected chi connectivity index (χ1v) is 10.2. The summed E-state index contributed by atoms with van der Waals surface area (Å²) in [5, 5.41) is 4.12. The van der Waals surface area contributed by atoms with Crippen molar-refractivity contribution in [2.45, 2.75) is 6.92 Å². The monoisotopic (exact) mass is 437 g/mol. The minimum Gasteiger partial charge on any atom is -0.371 e. The number of hydrazine groups is 1. The zero-order valence-electron chi connectivity index (χ0n) is 16.6. The number of ether oxygens (including phenoxy) is 1. The highest BCUT2D eigenvalue weighted by Gasteiger charge is 2.22. The molecule has 8 nitrogen and oxygen atoms in total. The van der Waals surface area contributed by atoms with Gasteiger partial charge in [-0.25, -0.2) is 14.6 Å². The van der Waals surface area contributed by atoms with Gasteiger partial charge in [-0.05, 0) is 48.7 Å². The lowest BCUT2D eigenvalue weighted by Gasteiger charge is -2.20. The van der Waals surface area contributed by atoms with Crippen LogP contribution >= 0.6 is 11.3 Å². The second-order valence-corrected chi connectivity index (χ2v) is 6.99. The molecule has 1 aliphatic heterocycles. The lowest BCUT2D eigenvalue weighted by Crippen LogP contribution is -2.46. The summed E-state index contributed by atoms with van der Waals surface area (Å²) in [7, 11) is 0. The van der Waals surface area contributed by atoms with Gasteiger partial charge >= 0.3 is 12.1 Å². The predicted octanol–water partition coefficient (Wildman–Crippen LogP) is 3.73.